The molecule has 25 heavy (non-hydrogen) atoms. The van der Waals surface area contributed by atoms with E-state index in [2.05, 4.69) is 15.3 Å². The number of hydrogen-bond donors (Lipinski definition) is 0. The molecule has 1 amide bonds. The summed E-state index contributed by atoms with van der Waals surface area (Å²) >= 11 is 0. The molecule has 4 heterocycles. The highest BCUT2D eigenvalue weighted by atomic mass is 16.5. The molecule has 1 saturated carbocycles. The molecular weight excluding hydrogens is 324 g/mol. The van der Waals surface area contributed by atoms with Gasteiger partial charge in [0.15, 0.2) is 11.5 Å². The Hall–Kier alpha value is -2.22. The first kappa shape index (κ1) is 15.1. The Morgan fingerprint density at radius 1 is 1.36 bits per heavy atom. The second-order valence-electron chi connectivity index (χ2n) is 7.56. The lowest BCUT2D eigenvalue weighted by molar-refractivity contribution is 0.0703. The smallest absolute Gasteiger partial charge is 0.276 e. The van der Waals surface area contributed by atoms with Gasteiger partial charge in [0.1, 0.15) is 5.76 Å². The summed E-state index contributed by atoms with van der Waals surface area (Å²) in [5, 5.41) is 7.85. The summed E-state index contributed by atoms with van der Waals surface area (Å²) in [5.41, 5.74) is 0.254. The van der Waals surface area contributed by atoms with Crippen LogP contribution in [0.2, 0.25) is 0 Å². The van der Waals surface area contributed by atoms with E-state index in [1.807, 2.05) is 4.90 Å². The minimum atomic E-state index is -0.155. The fraction of sp³-hybridized carbons (Fsp3) is 0.647. The molecule has 3 fully saturated rings. The molecule has 3 aliphatic rings. The van der Waals surface area contributed by atoms with Crippen LogP contribution in [-0.4, -0.2) is 52.4 Å². The van der Waals surface area contributed by atoms with Gasteiger partial charge in [0.25, 0.3) is 5.91 Å². The normalized spacial score (nSPS) is 28.5. The molecule has 8 nitrogen and oxygen atoms in total. The zero-order valence-corrected chi connectivity index (χ0v) is 14.1. The average molecular weight is 344 g/mol. The van der Waals surface area contributed by atoms with Crippen molar-refractivity contribution in [3.63, 3.8) is 0 Å². The molecule has 2 atom stereocenters. The lowest BCUT2D eigenvalue weighted by atomic mass is 9.78. The van der Waals surface area contributed by atoms with Crippen molar-refractivity contribution < 1.29 is 18.6 Å². The topological polar surface area (TPSA) is 94.5 Å². The third-order valence-corrected chi connectivity index (χ3v) is 5.61. The van der Waals surface area contributed by atoms with Crippen LogP contribution in [0.1, 0.15) is 46.7 Å². The molecule has 8 heteroatoms. The number of ether oxygens (including phenoxy) is 1. The Morgan fingerprint density at radius 3 is 3.00 bits per heavy atom. The molecule has 0 unspecified atom stereocenters. The largest absolute Gasteiger partial charge is 0.380 e. The Kier molecular flexibility index (Phi) is 3.25. The molecule has 0 spiro atoms. The second kappa shape index (κ2) is 5.39. The van der Waals surface area contributed by atoms with Crippen LogP contribution in [0.15, 0.2) is 15.1 Å². The van der Waals surface area contributed by atoms with Crippen LogP contribution in [0.25, 0.3) is 0 Å². The summed E-state index contributed by atoms with van der Waals surface area (Å²) in [7, 11) is 0. The molecule has 0 bridgehead atoms. The van der Waals surface area contributed by atoms with Crippen molar-refractivity contribution in [3.8, 4) is 0 Å². The van der Waals surface area contributed by atoms with Crippen molar-refractivity contribution in [2.24, 2.45) is 11.3 Å². The van der Waals surface area contributed by atoms with Gasteiger partial charge in [-0.1, -0.05) is 10.3 Å². The van der Waals surface area contributed by atoms with Crippen LogP contribution in [0.4, 0.5) is 0 Å². The monoisotopic (exact) mass is 344 g/mol. The van der Waals surface area contributed by atoms with Gasteiger partial charge in [0, 0.05) is 42.8 Å². The first-order valence-corrected chi connectivity index (χ1v) is 8.76. The lowest BCUT2D eigenvalue weighted by Crippen LogP contribution is -2.35. The van der Waals surface area contributed by atoms with E-state index in [0.717, 1.165) is 18.6 Å². The predicted octanol–water partition coefficient (Wildman–Crippen LogP) is 1.57. The molecular formula is C17H20N4O4. The number of carbonyl (C=O) groups excluding carboxylic acids is 1. The van der Waals surface area contributed by atoms with E-state index in [0.29, 0.717) is 56.1 Å². The van der Waals surface area contributed by atoms with Gasteiger partial charge < -0.3 is 18.7 Å². The first-order valence-electron chi connectivity index (χ1n) is 8.76. The number of fused-ring (bicyclic) bond motifs is 1. The van der Waals surface area contributed by atoms with Crippen molar-refractivity contribution in [2.75, 3.05) is 26.3 Å². The summed E-state index contributed by atoms with van der Waals surface area (Å²) in [6.07, 6.45) is 2.88. The number of carbonyl (C=O) groups is 1. The maximum absolute atomic E-state index is 12.8. The zero-order valence-electron chi connectivity index (χ0n) is 14.1. The van der Waals surface area contributed by atoms with Gasteiger partial charge >= 0.3 is 0 Å². The predicted molar refractivity (Wildman–Crippen MR) is 83.9 cm³/mol. The molecule has 2 aliphatic heterocycles. The van der Waals surface area contributed by atoms with Gasteiger partial charge in [0.2, 0.25) is 5.89 Å². The van der Waals surface area contributed by atoms with Crippen molar-refractivity contribution in [3.05, 3.63) is 29.2 Å². The molecule has 2 saturated heterocycles. The fourth-order valence-electron chi connectivity index (χ4n) is 4.06. The third-order valence-electron chi connectivity index (χ3n) is 5.61. The van der Waals surface area contributed by atoms with E-state index in [9.17, 15) is 4.79 Å². The third kappa shape index (κ3) is 2.55. The highest BCUT2D eigenvalue weighted by molar-refractivity contribution is 5.92. The van der Waals surface area contributed by atoms with Crippen molar-refractivity contribution >= 4 is 5.91 Å². The standard InChI is InChI=1S/C17H20N4O4/c1-10-18-15(25-19-10)5-17-8-21(6-12(17)7-23-9-17)16(22)13-4-14(24-20-13)11-2-3-11/h4,11-12H,2-3,5-9H2,1H3/t12-,17+/m1/s1. The summed E-state index contributed by atoms with van der Waals surface area (Å²) in [4.78, 5) is 19.0. The van der Waals surface area contributed by atoms with Crippen molar-refractivity contribution in [1.82, 2.24) is 20.2 Å². The minimum absolute atomic E-state index is 0.0638. The molecule has 5 rings (SSSR count). The maximum Gasteiger partial charge on any atom is 0.276 e. The molecule has 0 aromatic carbocycles. The fourth-order valence-corrected chi connectivity index (χ4v) is 4.06. The molecule has 132 valence electrons. The number of nitrogens with zero attached hydrogens (tertiary/aromatic N) is 4. The van der Waals surface area contributed by atoms with Crippen LogP contribution < -0.4 is 0 Å². The Bertz CT molecular complexity index is 811. The van der Waals surface area contributed by atoms with Gasteiger partial charge in [-0.05, 0) is 19.8 Å². The zero-order chi connectivity index (χ0) is 17.0. The molecule has 0 radical (unpaired) electrons. The Morgan fingerprint density at radius 2 is 2.24 bits per heavy atom. The second-order valence-corrected chi connectivity index (χ2v) is 7.56. The summed E-state index contributed by atoms with van der Waals surface area (Å²) in [5.74, 6) is 2.74. The van der Waals surface area contributed by atoms with Crippen molar-refractivity contribution in [2.45, 2.75) is 32.1 Å². The molecule has 0 N–H and O–H groups in total. The van der Waals surface area contributed by atoms with Crippen LogP contribution >= 0.6 is 0 Å². The highest BCUT2D eigenvalue weighted by Gasteiger charge is 2.53. The highest BCUT2D eigenvalue weighted by Crippen LogP contribution is 2.44. The van der Waals surface area contributed by atoms with E-state index >= 15 is 0 Å². The van der Waals surface area contributed by atoms with Crippen LogP contribution in [0.3, 0.4) is 0 Å². The van der Waals surface area contributed by atoms with Gasteiger partial charge in [-0.2, -0.15) is 4.98 Å². The maximum atomic E-state index is 12.8. The average Bonchev–Trinajstić information content (AvgIpc) is 2.94. The van der Waals surface area contributed by atoms with Crippen LogP contribution in [0, 0.1) is 18.3 Å². The number of aryl methyl sites for hydroxylation is 1. The van der Waals surface area contributed by atoms with E-state index in [-0.39, 0.29) is 17.2 Å². The van der Waals surface area contributed by atoms with E-state index in [4.69, 9.17) is 13.8 Å². The Labute approximate surface area is 144 Å². The molecule has 2 aromatic heterocycles. The summed E-state index contributed by atoms with van der Waals surface area (Å²) in [6, 6.07) is 1.80. The van der Waals surface area contributed by atoms with Gasteiger partial charge in [-0.15, -0.1) is 0 Å². The van der Waals surface area contributed by atoms with Crippen molar-refractivity contribution in [1.29, 1.82) is 0 Å². The first-order chi connectivity index (χ1) is 12.1. The number of amides is 1. The SMILES string of the molecule is Cc1noc(C[C@]23COC[C@H]2CN(C(=O)c2cc(C4CC4)on2)C3)n1. The number of hydrogen-bond acceptors (Lipinski definition) is 7. The van der Waals surface area contributed by atoms with Gasteiger partial charge in [-0.25, -0.2) is 0 Å². The summed E-state index contributed by atoms with van der Waals surface area (Å²) < 4.78 is 16.3. The quantitative estimate of drug-likeness (QED) is 0.831. The van der Waals surface area contributed by atoms with Crippen LogP contribution in [0.5, 0.6) is 0 Å². The molecule has 1 aliphatic carbocycles. The van der Waals surface area contributed by atoms with Gasteiger partial charge in [0.05, 0.1) is 13.2 Å². The van der Waals surface area contributed by atoms with Crippen LogP contribution in [-0.2, 0) is 11.2 Å². The molecule has 2 aromatic rings. The van der Waals surface area contributed by atoms with E-state index in [1.165, 1.54) is 0 Å². The lowest BCUT2D eigenvalue weighted by Gasteiger charge is -2.25. The minimum Gasteiger partial charge on any atom is -0.380 e. The van der Waals surface area contributed by atoms with E-state index in [1.54, 1.807) is 13.0 Å². The number of rotatable bonds is 4. The number of aromatic nitrogens is 3. The van der Waals surface area contributed by atoms with Gasteiger partial charge in [-0.3, -0.25) is 4.79 Å². The Balaban J connectivity index is 1.34. The summed E-state index contributed by atoms with van der Waals surface area (Å²) in [6.45, 7) is 4.35. The number of likely N-dealkylation sites (tertiary alicyclic amines) is 1. The van der Waals surface area contributed by atoms with E-state index < -0.39 is 0 Å².